The van der Waals surface area contributed by atoms with Crippen LogP contribution in [0.5, 0.6) is 0 Å². The molecule has 1 fully saturated rings. The van der Waals surface area contributed by atoms with E-state index in [-0.39, 0.29) is 29.5 Å². The fourth-order valence-corrected chi connectivity index (χ4v) is 6.14. The van der Waals surface area contributed by atoms with Gasteiger partial charge in [-0.25, -0.2) is 12.8 Å². The monoisotopic (exact) mass is 428 g/mol. The third kappa shape index (κ3) is 4.16. The number of nitrogens with zero attached hydrogens (tertiary/aromatic N) is 4. The summed E-state index contributed by atoms with van der Waals surface area (Å²) in [5, 5.41) is 11.5. The highest BCUT2D eigenvalue weighted by Crippen LogP contribution is 2.36. The average molecular weight is 428 g/mol. The van der Waals surface area contributed by atoms with E-state index in [0.29, 0.717) is 23.5 Å². The minimum absolute atomic E-state index is 0.0162. The Morgan fingerprint density at radius 2 is 1.90 bits per heavy atom. The summed E-state index contributed by atoms with van der Waals surface area (Å²) in [5.41, 5.74) is 1.92. The summed E-state index contributed by atoms with van der Waals surface area (Å²) in [7, 11) is -3.10. The number of sulfone groups is 1. The Bertz CT molecular complexity index is 1220. The van der Waals surface area contributed by atoms with E-state index >= 15 is 0 Å². The standard InChI is InChI=1S/C21H21FN4O3S/c1-14-23-24-25-26(14)19-10-16(15-3-5-18(22)6-4-15)9-17(11-19)20(27)12-21(2)7-8-30(28,29)13-21/h3-6,9-11H,7-8,12-13H2,1-2H3. The molecule has 9 heteroatoms. The number of hydrogen-bond acceptors (Lipinski definition) is 6. The van der Waals surface area contributed by atoms with Crippen LogP contribution in [0.4, 0.5) is 4.39 Å². The molecule has 2 heterocycles. The van der Waals surface area contributed by atoms with Gasteiger partial charge in [-0.05, 0) is 70.6 Å². The lowest BCUT2D eigenvalue weighted by molar-refractivity contribution is 0.0934. The molecule has 1 aliphatic heterocycles. The zero-order valence-electron chi connectivity index (χ0n) is 16.7. The third-order valence-electron chi connectivity index (χ3n) is 5.46. The Balaban J connectivity index is 1.75. The van der Waals surface area contributed by atoms with Crippen LogP contribution >= 0.6 is 0 Å². The number of rotatable bonds is 5. The second kappa shape index (κ2) is 7.39. The molecule has 0 saturated carbocycles. The first-order chi connectivity index (χ1) is 14.1. The highest BCUT2D eigenvalue weighted by molar-refractivity contribution is 7.91. The van der Waals surface area contributed by atoms with Gasteiger partial charge in [0.25, 0.3) is 0 Å². The minimum atomic E-state index is -3.10. The Hall–Kier alpha value is -2.94. The van der Waals surface area contributed by atoms with Gasteiger partial charge >= 0.3 is 0 Å². The van der Waals surface area contributed by atoms with Crippen LogP contribution in [-0.4, -0.2) is 45.9 Å². The summed E-state index contributed by atoms with van der Waals surface area (Å²) < 4.78 is 38.7. The average Bonchev–Trinajstić information content (AvgIpc) is 3.24. The summed E-state index contributed by atoms with van der Waals surface area (Å²) in [6.07, 6.45) is 0.602. The van der Waals surface area contributed by atoms with Crippen molar-refractivity contribution in [2.24, 2.45) is 5.41 Å². The largest absolute Gasteiger partial charge is 0.294 e. The molecule has 0 aliphatic carbocycles. The zero-order chi connectivity index (χ0) is 21.5. The van der Waals surface area contributed by atoms with Gasteiger partial charge in [0.2, 0.25) is 0 Å². The molecule has 4 rings (SSSR count). The second-order valence-electron chi connectivity index (χ2n) is 8.17. The molecule has 0 radical (unpaired) electrons. The smallest absolute Gasteiger partial charge is 0.163 e. The molecule has 156 valence electrons. The highest BCUT2D eigenvalue weighted by Gasteiger charge is 2.40. The van der Waals surface area contributed by atoms with Crippen LogP contribution in [0, 0.1) is 18.2 Å². The molecule has 0 spiro atoms. The van der Waals surface area contributed by atoms with Crippen molar-refractivity contribution in [2.45, 2.75) is 26.7 Å². The van der Waals surface area contributed by atoms with Crippen molar-refractivity contribution < 1.29 is 17.6 Å². The zero-order valence-corrected chi connectivity index (χ0v) is 17.5. The summed E-state index contributed by atoms with van der Waals surface area (Å²) in [5.74, 6) is 0.186. The van der Waals surface area contributed by atoms with Gasteiger partial charge in [0, 0.05) is 12.0 Å². The van der Waals surface area contributed by atoms with E-state index in [9.17, 15) is 17.6 Å². The van der Waals surface area contributed by atoms with E-state index in [4.69, 9.17) is 0 Å². The highest BCUT2D eigenvalue weighted by atomic mass is 32.2. The van der Waals surface area contributed by atoms with Crippen LogP contribution in [0.25, 0.3) is 16.8 Å². The summed E-state index contributed by atoms with van der Waals surface area (Å²) in [6, 6.07) is 11.3. The number of ketones is 1. The molecule has 2 aromatic carbocycles. The van der Waals surface area contributed by atoms with Crippen molar-refractivity contribution in [1.82, 2.24) is 20.2 Å². The number of aromatic nitrogens is 4. The van der Waals surface area contributed by atoms with E-state index < -0.39 is 15.3 Å². The van der Waals surface area contributed by atoms with E-state index in [1.54, 1.807) is 31.2 Å². The number of aryl methyl sites for hydroxylation is 1. The molecule has 1 aromatic heterocycles. The van der Waals surface area contributed by atoms with Gasteiger partial charge in [0.1, 0.15) is 5.82 Å². The topological polar surface area (TPSA) is 94.8 Å². The number of hydrogen-bond donors (Lipinski definition) is 0. The van der Waals surface area contributed by atoms with Crippen LogP contribution in [-0.2, 0) is 9.84 Å². The molecule has 1 unspecified atom stereocenters. The van der Waals surface area contributed by atoms with E-state index in [1.165, 1.54) is 16.8 Å². The number of benzene rings is 2. The first-order valence-electron chi connectivity index (χ1n) is 9.54. The van der Waals surface area contributed by atoms with Crippen molar-refractivity contribution in [3.8, 4) is 16.8 Å². The normalized spacial score (nSPS) is 20.4. The Kier molecular flexibility index (Phi) is 5.01. The van der Waals surface area contributed by atoms with Crippen LogP contribution < -0.4 is 0 Å². The van der Waals surface area contributed by atoms with Crippen molar-refractivity contribution in [3.05, 3.63) is 59.7 Å². The molecule has 7 nitrogen and oxygen atoms in total. The Morgan fingerprint density at radius 3 is 2.50 bits per heavy atom. The summed E-state index contributed by atoms with van der Waals surface area (Å²) in [6.45, 7) is 3.59. The SMILES string of the molecule is Cc1nnnn1-c1cc(C(=O)CC2(C)CCS(=O)(=O)C2)cc(-c2ccc(F)cc2)c1. The summed E-state index contributed by atoms with van der Waals surface area (Å²) in [4.78, 5) is 13.1. The molecule has 1 saturated heterocycles. The first kappa shape index (κ1) is 20.3. The number of halogens is 1. The Morgan fingerprint density at radius 1 is 1.17 bits per heavy atom. The van der Waals surface area contributed by atoms with Gasteiger partial charge in [-0.15, -0.1) is 5.10 Å². The molecule has 0 bridgehead atoms. The number of tetrazole rings is 1. The predicted molar refractivity (Wildman–Crippen MR) is 110 cm³/mol. The quantitative estimate of drug-likeness (QED) is 0.580. The van der Waals surface area contributed by atoms with Crippen molar-refractivity contribution >= 4 is 15.6 Å². The molecular formula is C21H21FN4O3S. The maximum atomic E-state index is 13.4. The number of carbonyl (C=O) groups excluding carboxylic acids is 1. The van der Waals surface area contributed by atoms with E-state index in [1.807, 2.05) is 13.0 Å². The molecule has 30 heavy (non-hydrogen) atoms. The van der Waals surface area contributed by atoms with Gasteiger partial charge in [0.05, 0.1) is 17.2 Å². The van der Waals surface area contributed by atoms with Crippen LogP contribution in [0.1, 0.15) is 35.9 Å². The van der Waals surface area contributed by atoms with Gasteiger partial charge in [-0.2, -0.15) is 4.68 Å². The predicted octanol–water partition coefficient (Wildman–Crippen LogP) is 3.17. The summed E-state index contributed by atoms with van der Waals surface area (Å²) >= 11 is 0. The fraction of sp³-hybridized carbons (Fsp3) is 0.333. The van der Waals surface area contributed by atoms with E-state index in [2.05, 4.69) is 15.5 Å². The molecule has 1 aliphatic rings. The number of carbonyl (C=O) groups is 1. The van der Waals surface area contributed by atoms with Crippen molar-refractivity contribution in [2.75, 3.05) is 11.5 Å². The maximum Gasteiger partial charge on any atom is 0.163 e. The van der Waals surface area contributed by atoms with E-state index in [0.717, 1.165) is 11.1 Å². The van der Waals surface area contributed by atoms with Crippen LogP contribution in [0.15, 0.2) is 42.5 Å². The molecule has 3 aromatic rings. The molecular weight excluding hydrogens is 407 g/mol. The van der Waals surface area contributed by atoms with Crippen LogP contribution in [0.3, 0.4) is 0 Å². The lowest BCUT2D eigenvalue weighted by Gasteiger charge is -2.21. The van der Waals surface area contributed by atoms with Gasteiger partial charge in [-0.1, -0.05) is 19.1 Å². The van der Waals surface area contributed by atoms with Gasteiger partial charge < -0.3 is 0 Å². The van der Waals surface area contributed by atoms with Crippen molar-refractivity contribution in [1.29, 1.82) is 0 Å². The maximum absolute atomic E-state index is 13.4. The molecule has 1 atom stereocenters. The fourth-order valence-electron chi connectivity index (χ4n) is 3.88. The number of Topliss-reactive ketones (excluding diaryl/α,β-unsaturated/α-hetero) is 1. The lowest BCUT2D eigenvalue weighted by atomic mass is 9.83. The third-order valence-corrected chi connectivity index (χ3v) is 7.42. The van der Waals surface area contributed by atoms with Gasteiger partial charge in [0.15, 0.2) is 21.4 Å². The van der Waals surface area contributed by atoms with Gasteiger partial charge in [-0.3, -0.25) is 4.79 Å². The molecule has 0 N–H and O–H groups in total. The van der Waals surface area contributed by atoms with Crippen molar-refractivity contribution in [3.63, 3.8) is 0 Å². The minimum Gasteiger partial charge on any atom is -0.294 e. The first-order valence-corrected chi connectivity index (χ1v) is 11.4. The Labute approximate surface area is 173 Å². The molecule has 0 amide bonds. The van der Waals surface area contributed by atoms with Crippen LogP contribution in [0.2, 0.25) is 0 Å². The second-order valence-corrected chi connectivity index (χ2v) is 10.4. The lowest BCUT2D eigenvalue weighted by Crippen LogP contribution is -2.22.